The summed E-state index contributed by atoms with van der Waals surface area (Å²) in [6.07, 6.45) is 5.99. The van der Waals surface area contributed by atoms with Crippen LogP contribution in [0.3, 0.4) is 0 Å². The van der Waals surface area contributed by atoms with Crippen LogP contribution in [0.25, 0.3) is 0 Å². The van der Waals surface area contributed by atoms with Crippen LogP contribution in [0.2, 0.25) is 0 Å². The highest BCUT2D eigenvalue weighted by molar-refractivity contribution is 7.90. The maximum absolute atomic E-state index is 11.7. The molecule has 0 radical (unpaired) electrons. The van der Waals surface area contributed by atoms with Crippen molar-refractivity contribution in [3.63, 3.8) is 0 Å². The summed E-state index contributed by atoms with van der Waals surface area (Å²) < 4.78 is 22.3. The van der Waals surface area contributed by atoms with Crippen molar-refractivity contribution in [1.29, 1.82) is 0 Å². The maximum atomic E-state index is 11.7. The summed E-state index contributed by atoms with van der Waals surface area (Å²) in [5, 5.41) is 3.22. The van der Waals surface area contributed by atoms with Crippen LogP contribution >= 0.6 is 0 Å². The fraction of sp³-hybridized carbons (Fsp3) is 0.909. The molecule has 6 heteroatoms. The quantitative estimate of drug-likeness (QED) is 0.771. The van der Waals surface area contributed by atoms with Crippen molar-refractivity contribution in [1.82, 2.24) is 10.2 Å². The number of carbonyl (C=O) groups is 1. The van der Waals surface area contributed by atoms with Crippen LogP contribution in [-0.2, 0) is 14.6 Å². The summed E-state index contributed by atoms with van der Waals surface area (Å²) in [4.78, 5) is 13.4. The molecular weight excluding hydrogens is 240 g/mol. The third-order valence-electron chi connectivity index (χ3n) is 3.67. The number of amides is 1. The molecular formula is C11H20N2O3S. The molecule has 1 saturated carbocycles. The van der Waals surface area contributed by atoms with Gasteiger partial charge in [0.1, 0.15) is 9.84 Å². The fourth-order valence-electron chi connectivity index (χ4n) is 2.78. The van der Waals surface area contributed by atoms with E-state index >= 15 is 0 Å². The van der Waals surface area contributed by atoms with E-state index in [1.807, 2.05) is 0 Å². The van der Waals surface area contributed by atoms with E-state index in [0.29, 0.717) is 19.0 Å². The molecule has 2 rings (SSSR count). The van der Waals surface area contributed by atoms with Gasteiger partial charge in [-0.1, -0.05) is 12.8 Å². The first-order chi connectivity index (χ1) is 7.97. The first-order valence-electron chi connectivity index (χ1n) is 6.18. The lowest BCUT2D eigenvalue weighted by Crippen LogP contribution is -2.44. The van der Waals surface area contributed by atoms with Crippen molar-refractivity contribution in [2.45, 2.75) is 31.8 Å². The van der Waals surface area contributed by atoms with E-state index in [-0.39, 0.29) is 17.8 Å². The second kappa shape index (κ2) is 4.94. The molecule has 2 fully saturated rings. The lowest BCUT2D eigenvalue weighted by atomic mass is 10.0. The topological polar surface area (TPSA) is 66.5 Å². The largest absolute Gasteiger partial charge is 0.325 e. The molecule has 0 aromatic rings. The Kier molecular flexibility index (Phi) is 3.73. The van der Waals surface area contributed by atoms with E-state index in [9.17, 15) is 13.2 Å². The van der Waals surface area contributed by atoms with Crippen LogP contribution in [0, 0.1) is 5.92 Å². The summed E-state index contributed by atoms with van der Waals surface area (Å²) >= 11 is 0. The maximum Gasteiger partial charge on any atom is 0.237 e. The van der Waals surface area contributed by atoms with Crippen molar-refractivity contribution < 1.29 is 13.2 Å². The fourth-order valence-corrected chi connectivity index (χ4v) is 3.31. The molecule has 5 nitrogen and oxygen atoms in total. The van der Waals surface area contributed by atoms with Gasteiger partial charge in [0.15, 0.2) is 0 Å². The van der Waals surface area contributed by atoms with E-state index in [2.05, 4.69) is 5.32 Å². The van der Waals surface area contributed by atoms with Gasteiger partial charge in [-0.2, -0.15) is 0 Å². The van der Waals surface area contributed by atoms with Crippen LogP contribution in [0.4, 0.5) is 0 Å². The summed E-state index contributed by atoms with van der Waals surface area (Å²) in [6, 6.07) is 0. The highest BCUT2D eigenvalue weighted by Crippen LogP contribution is 2.30. The predicted octanol–water partition coefficient (Wildman–Crippen LogP) is -0.0209. The normalized spacial score (nSPS) is 27.0. The Morgan fingerprint density at radius 2 is 2.00 bits per heavy atom. The summed E-state index contributed by atoms with van der Waals surface area (Å²) in [5.74, 6) is 0.593. The molecule has 0 aromatic carbocycles. The Balaban J connectivity index is 1.98. The molecule has 17 heavy (non-hydrogen) atoms. The average Bonchev–Trinajstić information content (AvgIpc) is 2.82. The van der Waals surface area contributed by atoms with Gasteiger partial charge in [0.25, 0.3) is 0 Å². The van der Waals surface area contributed by atoms with Crippen molar-refractivity contribution >= 4 is 15.7 Å². The molecule has 1 saturated heterocycles. The lowest BCUT2D eigenvalue weighted by Gasteiger charge is -2.28. The van der Waals surface area contributed by atoms with Gasteiger partial charge in [-0.15, -0.1) is 0 Å². The highest BCUT2D eigenvalue weighted by atomic mass is 32.2. The number of nitrogens with zero attached hydrogens (tertiary/aromatic N) is 1. The first kappa shape index (κ1) is 12.8. The molecule has 2 aliphatic rings. The number of rotatable bonds is 4. The number of hydrogen-bond acceptors (Lipinski definition) is 4. The number of sulfone groups is 1. The minimum absolute atomic E-state index is 0.0329. The number of nitrogens with one attached hydrogen (secondary N) is 1. The molecule has 1 heterocycles. The van der Waals surface area contributed by atoms with E-state index in [1.165, 1.54) is 19.1 Å². The van der Waals surface area contributed by atoms with Crippen LogP contribution in [0.1, 0.15) is 25.7 Å². The Hall–Kier alpha value is -0.620. The van der Waals surface area contributed by atoms with Gasteiger partial charge in [0.05, 0.1) is 18.5 Å². The van der Waals surface area contributed by atoms with Crippen molar-refractivity contribution in [2.75, 3.05) is 25.1 Å². The Morgan fingerprint density at radius 1 is 1.35 bits per heavy atom. The second-order valence-electron chi connectivity index (χ2n) is 5.09. The highest BCUT2D eigenvalue weighted by Gasteiger charge is 2.37. The molecule has 1 atom stereocenters. The zero-order valence-electron chi connectivity index (χ0n) is 10.2. The first-order valence-corrected chi connectivity index (χ1v) is 8.24. The van der Waals surface area contributed by atoms with Gasteiger partial charge in [-0.3, -0.25) is 10.1 Å². The smallest absolute Gasteiger partial charge is 0.237 e. The Morgan fingerprint density at radius 3 is 2.59 bits per heavy atom. The van der Waals surface area contributed by atoms with Gasteiger partial charge in [0, 0.05) is 12.8 Å². The van der Waals surface area contributed by atoms with Crippen molar-refractivity contribution in [3.8, 4) is 0 Å². The third kappa shape index (κ3) is 3.19. The number of carbonyl (C=O) groups excluding carboxylic acids is 1. The molecule has 98 valence electrons. The summed E-state index contributed by atoms with van der Waals surface area (Å²) in [6.45, 7) is 0.677. The second-order valence-corrected chi connectivity index (χ2v) is 7.35. The molecule has 1 amide bonds. The van der Waals surface area contributed by atoms with Gasteiger partial charge in [-0.05, 0) is 18.8 Å². The number of hydrogen-bond donors (Lipinski definition) is 1. The van der Waals surface area contributed by atoms with E-state index in [1.54, 1.807) is 4.90 Å². The molecule has 1 N–H and O–H groups in total. The van der Waals surface area contributed by atoms with Crippen LogP contribution in [0.15, 0.2) is 0 Å². The van der Waals surface area contributed by atoms with Crippen LogP contribution < -0.4 is 5.32 Å². The molecule has 0 bridgehead atoms. The monoisotopic (exact) mass is 260 g/mol. The minimum Gasteiger partial charge on any atom is -0.325 e. The average molecular weight is 260 g/mol. The van der Waals surface area contributed by atoms with Crippen LogP contribution in [0.5, 0.6) is 0 Å². The summed E-state index contributed by atoms with van der Waals surface area (Å²) in [5.41, 5.74) is 0. The van der Waals surface area contributed by atoms with Gasteiger partial charge in [-0.25, -0.2) is 8.42 Å². The molecule has 0 aromatic heterocycles. The van der Waals surface area contributed by atoms with Crippen molar-refractivity contribution in [3.05, 3.63) is 0 Å². The SMILES string of the molecule is CS(=O)(=O)CCN1C(=O)CNC1C1CCCC1. The zero-order chi connectivity index (χ0) is 12.5. The minimum atomic E-state index is -3.00. The standard InChI is InChI=1S/C11H20N2O3S/c1-17(15,16)7-6-13-10(14)8-12-11(13)9-4-2-3-5-9/h9,11-12H,2-8H2,1H3. The Labute approximate surface area is 102 Å². The van der Waals surface area contributed by atoms with Crippen molar-refractivity contribution in [2.24, 2.45) is 5.92 Å². The molecule has 0 spiro atoms. The van der Waals surface area contributed by atoms with Gasteiger partial charge < -0.3 is 4.90 Å². The van der Waals surface area contributed by atoms with E-state index < -0.39 is 9.84 Å². The molecule has 1 aliphatic carbocycles. The lowest BCUT2D eigenvalue weighted by molar-refractivity contribution is -0.128. The molecule has 1 unspecified atom stereocenters. The third-order valence-corrected chi connectivity index (χ3v) is 4.59. The van der Waals surface area contributed by atoms with E-state index in [4.69, 9.17) is 0 Å². The zero-order valence-corrected chi connectivity index (χ0v) is 11.0. The molecule has 1 aliphatic heterocycles. The Bertz CT molecular complexity index is 388. The van der Waals surface area contributed by atoms with Gasteiger partial charge >= 0.3 is 0 Å². The van der Waals surface area contributed by atoms with Crippen LogP contribution in [-0.4, -0.2) is 50.5 Å². The summed E-state index contributed by atoms with van der Waals surface area (Å²) in [7, 11) is -3.00. The van der Waals surface area contributed by atoms with Gasteiger partial charge in [0.2, 0.25) is 5.91 Å². The predicted molar refractivity (Wildman–Crippen MR) is 65.2 cm³/mol. The van der Waals surface area contributed by atoms with E-state index in [0.717, 1.165) is 12.8 Å².